The van der Waals surface area contributed by atoms with Crippen molar-refractivity contribution >= 4 is 9.84 Å². The number of aromatic nitrogens is 3. The topological polar surface area (TPSA) is 64.8 Å². The molecule has 0 radical (unpaired) electrons. The van der Waals surface area contributed by atoms with E-state index in [9.17, 15) is 8.42 Å². The average molecular weight is 313 g/mol. The number of sulfone groups is 1. The van der Waals surface area contributed by atoms with Gasteiger partial charge in [0, 0.05) is 18.0 Å². The number of nitrogens with zero attached hydrogens (tertiary/aromatic N) is 3. The maximum atomic E-state index is 11.5. The molecule has 0 atom stereocenters. The zero-order chi connectivity index (χ0) is 15.7. The Kier molecular flexibility index (Phi) is 3.54. The van der Waals surface area contributed by atoms with Crippen LogP contribution < -0.4 is 0 Å². The van der Waals surface area contributed by atoms with Crippen molar-refractivity contribution in [2.45, 2.75) is 11.8 Å². The van der Waals surface area contributed by atoms with Crippen molar-refractivity contribution in [3.05, 3.63) is 60.4 Å². The molecule has 0 spiro atoms. The van der Waals surface area contributed by atoms with Crippen LogP contribution in [0.5, 0.6) is 0 Å². The lowest BCUT2D eigenvalue weighted by molar-refractivity contribution is 0.601. The van der Waals surface area contributed by atoms with E-state index in [0.29, 0.717) is 5.82 Å². The summed E-state index contributed by atoms with van der Waals surface area (Å²) < 4.78 is 24.7. The Hall–Kier alpha value is -2.47. The van der Waals surface area contributed by atoms with E-state index < -0.39 is 9.84 Å². The highest BCUT2D eigenvalue weighted by atomic mass is 32.2. The Morgan fingerprint density at radius 3 is 2.36 bits per heavy atom. The van der Waals surface area contributed by atoms with Gasteiger partial charge in [-0.05, 0) is 25.1 Å². The normalized spacial score (nSPS) is 11.5. The van der Waals surface area contributed by atoms with Gasteiger partial charge in [0.2, 0.25) is 0 Å². The number of aryl methyl sites for hydroxylation is 1. The molecule has 0 saturated heterocycles. The van der Waals surface area contributed by atoms with Crippen LogP contribution in [0.1, 0.15) is 5.69 Å². The fourth-order valence-electron chi connectivity index (χ4n) is 2.21. The van der Waals surface area contributed by atoms with Gasteiger partial charge in [0.15, 0.2) is 15.7 Å². The van der Waals surface area contributed by atoms with Gasteiger partial charge in [0.1, 0.15) is 0 Å². The summed E-state index contributed by atoms with van der Waals surface area (Å²) in [6.45, 7) is 1.91. The Labute approximate surface area is 129 Å². The van der Waals surface area contributed by atoms with Crippen LogP contribution >= 0.6 is 0 Å². The van der Waals surface area contributed by atoms with Crippen LogP contribution in [0.2, 0.25) is 0 Å². The molecule has 1 aromatic carbocycles. The third-order valence-corrected chi connectivity index (χ3v) is 4.36. The summed E-state index contributed by atoms with van der Waals surface area (Å²) in [6.07, 6.45) is 2.52. The standard InChI is InChI=1S/C16H15N3O2S/c1-12-10-15(13-6-4-3-5-7-13)19(18-12)16-9-8-14(11-17-16)22(2,20)21/h3-11H,1-2H3. The lowest BCUT2D eigenvalue weighted by atomic mass is 10.1. The van der Waals surface area contributed by atoms with Gasteiger partial charge in [-0.3, -0.25) is 0 Å². The molecular weight excluding hydrogens is 298 g/mol. The summed E-state index contributed by atoms with van der Waals surface area (Å²) in [5, 5.41) is 4.45. The van der Waals surface area contributed by atoms with Crippen molar-refractivity contribution in [1.82, 2.24) is 14.8 Å². The van der Waals surface area contributed by atoms with Gasteiger partial charge in [0.25, 0.3) is 0 Å². The molecule has 112 valence electrons. The first-order valence-corrected chi connectivity index (χ1v) is 8.63. The molecule has 2 heterocycles. The third kappa shape index (κ3) is 2.78. The number of hydrogen-bond donors (Lipinski definition) is 0. The molecule has 0 aliphatic rings. The fraction of sp³-hybridized carbons (Fsp3) is 0.125. The number of hydrogen-bond acceptors (Lipinski definition) is 4. The van der Waals surface area contributed by atoms with E-state index in [0.717, 1.165) is 23.2 Å². The van der Waals surface area contributed by atoms with E-state index >= 15 is 0 Å². The minimum Gasteiger partial charge on any atom is -0.236 e. The summed E-state index contributed by atoms with van der Waals surface area (Å²) in [4.78, 5) is 4.43. The second kappa shape index (κ2) is 5.38. The molecule has 0 aliphatic carbocycles. The Morgan fingerprint density at radius 1 is 1.05 bits per heavy atom. The van der Waals surface area contributed by atoms with E-state index in [-0.39, 0.29) is 4.90 Å². The molecule has 0 amide bonds. The van der Waals surface area contributed by atoms with Crippen molar-refractivity contribution in [1.29, 1.82) is 0 Å². The molecule has 3 rings (SSSR count). The number of rotatable bonds is 3. The minimum absolute atomic E-state index is 0.196. The fourth-order valence-corrected chi connectivity index (χ4v) is 2.77. The Balaban J connectivity index is 2.10. The lowest BCUT2D eigenvalue weighted by Gasteiger charge is -2.07. The molecule has 3 aromatic rings. The van der Waals surface area contributed by atoms with Crippen LogP contribution in [0.25, 0.3) is 17.1 Å². The molecule has 0 aliphatic heterocycles. The first-order chi connectivity index (χ1) is 10.4. The predicted molar refractivity (Wildman–Crippen MR) is 84.6 cm³/mol. The van der Waals surface area contributed by atoms with Crippen molar-refractivity contribution in [3.8, 4) is 17.1 Å². The van der Waals surface area contributed by atoms with E-state index in [1.54, 1.807) is 16.8 Å². The maximum Gasteiger partial charge on any atom is 0.177 e. The summed E-state index contributed by atoms with van der Waals surface area (Å²) in [5.41, 5.74) is 2.81. The quantitative estimate of drug-likeness (QED) is 0.745. The van der Waals surface area contributed by atoms with Gasteiger partial charge in [0.05, 0.1) is 16.3 Å². The van der Waals surface area contributed by atoms with Gasteiger partial charge >= 0.3 is 0 Å². The van der Waals surface area contributed by atoms with E-state index in [4.69, 9.17) is 0 Å². The molecule has 6 heteroatoms. The summed E-state index contributed by atoms with van der Waals surface area (Å²) in [7, 11) is -3.25. The first kappa shape index (κ1) is 14.5. The molecule has 0 saturated carbocycles. The van der Waals surface area contributed by atoms with Gasteiger partial charge in [-0.1, -0.05) is 30.3 Å². The third-order valence-electron chi connectivity index (χ3n) is 3.27. The highest BCUT2D eigenvalue weighted by Crippen LogP contribution is 2.23. The maximum absolute atomic E-state index is 11.5. The Bertz CT molecular complexity index is 898. The smallest absolute Gasteiger partial charge is 0.177 e. The van der Waals surface area contributed by atoms with Crippen LogP contribution in [0.4, 0.5) is 0 Å². The number of pyridine rings is 1. The minimum atomic E-state index is -3.25. The van der Waals surface area contributed by atoms with Crippen molar-refractivity contribution in [2.75, 3.05) is 6.26 Å². The predicted octanol–water partition coefficient (Wildman–Crippen LogP) is 2.65. The molecule has 0 unspecified atom stereocenters. The van der Waals surface area contributed by atoms with Crippen LogP contribution in [-0.2, 0) is 9.84 Å². The van der Waals surface area contributed by atoms with Gasteiger partial charge < -0.3 is 0 Å². The highest BCUT2D eigenvalue weighted by Gasteiger charge is 2.12. The van der Waals surface area contributed by atoms with Crippen LogP contribution in [0, 0.1) is 6.92 Å². The number of benzene rings is 1. The molecular formula is C16H15N3O2S. The summed E-state index contributed by atoms with van der Waals surface area (Å²) in [6, 6.07) is 15.1. The highest BCUT2D eigenvalue weighted by molar-refractivity contribution is 7.90. The van der Waals surface area contributed by atoms with E-state index in [2.05, 4.69) is 10.1 Å². The van der Waals surface area contributed by atoms with Gasteiger partial charge in [-0.15, -0.1) is 0 Å². The second-order valence-corrected chi connectivity index (χ2v) is 7.09. The van der Waals surface area contributed by atoms with Crippen LogP contribution in [0.15, 0.2) is 59.6 Å². The molecule has 2 aromatic heterocycles. The van der Waals surface area contributed by atoms with Crippen molar-refractivity contribution in [3.63, 3.8) is 0 Å². The molecule has 0 bridgehead atoms. The molecule has 5 nitrogen and oxygen atoms in total. The second-order valence-electron chi connectivity index (χ2n) is 5.07. The summed E-state index contributed by atoms with van der Waals surface area (Å²) >= 11 is 0. The molecule has 0 fully saturated rings. The van der Waals surface area contributed by atoms with Crippen LogP contribution in [0.3, 0.4) is 0 Å². The summed E-state index contributed by atoms with van der Waals surface area (Å²) in [5.74, 6) is 0.583. The van der Waals surface area contributed by atoms with Crippen molar-refractivity contribution < 1.29 is 8.42 Å². The van der Waals surface area contributed by atoms with Crippen LogP contribution in [-0.4, -0.2) is 29.4 Å². The van der Waals surface area contributed by atoms with Crippen molar-refractivity contribution in [2.24, 2.45) is 0 Å². The zero-order valence-corrected chi connectivity index (χ0v) is 13.1. The average Bonchev–Trinajstić information content (AvgIpc) is 2.89. The first-order valence-electron chi connectivity index (χ1n) is 6.74. The molecule has 22 heavy (non-hydrogen) atoms. The zero-order valence-electron chi connectivity index (χ0n) is 12.3. The van der Waals surface area contributed by atoms with E-state index in [1.807, 2.05) is 43.3 Å². The SMILES string of the molecule is Cc1cc(-c2ccccc2)n(-c2ccc(S(C)(=O)=O)cn2)n1. The lowest BCUT2D eigenvalue weighted by Crippen LogP contribution is -2.04. The largest absolute Gasteiger partial charge is 0.236 e. The monoisotopic (exact) mass is 313 g/mol. The molecule has 0 N–H and O–H groups in total. The Morgan fingerprint density at radius 2 is 1.77 bits per heavy atom. The van der Waals surface area contributed by atoms with E-state index in [1.165, 1.54) is 6.20 Å². The van der Waals surface area contributed by atoms with Gasteiger partial charge in [-0.25, -0.2) is 18.1 Å². The van der Waals surface area contributed by atoms with Gasteiger partial charge in [-0.2, -0.15) is 5.10 Å².